The predicted octanol–water partition coefficient (Wildman–Crippen LogP) is 4.81. The number of benzene rings is 3. The summed E-state index contributed by atoms with van der Waals surface area (Å²) >= 11 is 6.05. The maximum absolute atomic E-state index is 13.5. The van der Waals surface area contributed by atoms with Crippen molar-refractivity contribution in [1.29, 1.82) is 0 Å². The number of hydrogen-bond acceptors (Lipinski definition) is 3. The summed E-state index contributed by atoms with van der Waals surface area (Å²) in [6, 6.07) is 25.8. The number of carbonyl (C=O) groups is 2. The number of amides is 2. The molecule has 0 aliphatic carbocycles. The number of carbonyl (C=O) groups excluding carboxylic acids is 2. The van der Waals surface area contributed by atoms with Crippen LogP contribution in [-0.4, -0.2) is 37.0 Å². The molecular weight excluding hydrogens is 436 g/mol. The lowest BCUT2D eigenvalue weighted by Gasteiger charge is -2.32. The molecule has 3 aromatic carbocycles. The standard InChI is InChI=1S/C27H29ClN2O3/c1-33-19-18-29-27(32)26(23-10-6-3-7-11-23)30(20-22-12-15-24(28)16-13-22)25(31)17-14-21-8-4-2-5-9-21/h2-13,15-16,26H,14,17-20H2,1H3,(H,29,32)/t26-/m0/s1. The number of methoxy groups -OCH3 is 1. The van der Waals surface area contributed by atoms with Crippen molar-refractivity contribution in [3.05, 3.63) is 107 Å². The van der Waals surface area contributed by atoms with Crippen LogP contribution in [0.5, 0.6) is 0 Å². The predicted molar refractivity (Wildman–Crippen MR) is 131 cm³/mol. The van der Waals surface area contributed by atoms with Crippen LogP contribution in [0.1, 0.15) is 29.2 Å². The van der Waals surface area contributed by atoms with Crippen LogP contribution in [0.25, 0.3) is 0 Å². The van der Waals surface area contributed by atoms with Crippen molar-refractivity contribution in [2.24, 2.45) is 0 Å². The molecule has 0 bridgehead atoms. The fourth-order valence-corrected chi connectivity index (χ4v) is 3.76. The molecule has 0 spiro atoms. The van der Waals surface area contributed by atoms with Crippen molar-refractivity contribution in [2.75, 3.05) is 20.3 Å². The summed E-state index contributed by atoms with van der Waals surface area (Å²) in [4.78, 5) is 28.5. The van der Waals surface area contributed by atoms with Gasteiger partial charge in [0, 0.05) is 31.6 Å². The zero-order valence-corrected chi connectivity index (χ0v) is 19.5. The highest BCUT2D eigenvalue weighted by Gasteiger charge is 2.31. The molecule has 1 atom stereocenters. The lowest BCUT2D eigenvalue weighted by molar-refractivity contribution is -0.141. The van der Waals surface area contributed by atoms with E-state index in [-0.39, 0.29) is 11.8 Å². The maximum atomic E-state index is 13.5. The van der Waals surface area contributed by atoms with E-state index in [0.717, 1.165) is 16.7 Å². The van der Waals surface area contributed by atoms with Gasteiger partial charge in [-0.05, 0) is 35.2 Å². The Morgan fingerprint density at radius 3 is 2.18 bits per heavy atom. The number of nitrogens with zero attached hydrogens (tertiary/aromatic N) is 1. The number of halogens is 1. The van der Waals surface area contributed by atoms with Crippen LogP contribution < -0.4 is 5.32 Å². The SMILES string of the molecule is COCCNC(=O)[C@H](c1ccccc1)N(Cc1ccc(Cl)cc1)C(=O)CCc1ccccc1. The van der Waals surface area contributed by atoms with E-state index in [1.807, 2.05) is 72.8 Å². The van der Waals surface area contributed by atoms with Crippen molar-refractivity contribution in [3.63, 3.8) is 0 Å². The van der Waals surface area contributed by atoms with Gasteiger partial charge in [-0.3, -0.25) is 9.59 Å². The molecule has 3 aromatic rings. The summed E-state index contributed by atoms with van der Waals surface area (Å²) in [5, 5.41) is 3.53. The highest BCUT2D eigenvalue weighted by atomic mass is 35.5. The Kier molecular flexibility index (Phi) is 9.48. The van der Waals surface area contributed by atoms with Gasteiger partial charge in [0.25, 0.3) is 0 Å². The van der Waals surface area contributed by atoms with Crippen LogP contribution in [0.15, 0.2) is 84.9 Å². The third kappa shape index (κ3) is 7.45. The summed E-state index contributed by atoms with van der Waals surface area (Å²) in [5.74, 6) is -0.329. The molecule has 0 unspecified atom stereocenters. The van der Waals surface area contributed by atoms with Gasteiger partial charge in [-0.1, -0.05) is 84.4 Å². The summed E-state index contributed by atoms with van der Waals surface area (Å²) in [5.41, 5.74) is 2.74. The monoisotopic (exact) mass is 464 g/mol. The normalized spacial score (nSPS) is 11.6. The second-order valence-corrected chi connectivity index (χ2v) is 8.17. The Labute approximate surface area is 200 Å². The molecule has 0 saturated heterocycles. The first-order valence-electron chi connectivity index (χ1n) is 11.0. The lowest BCUT2D eigenvalue weighted by Crippen LogP contribution is -2.44. The van der Waals surface area contributed by atoms with Gasteiger partial charge >= 0.3 is 0 Å². The fraction of sp³-hybridized carbons (Fsp3) is 0.259. The Bertz CT molecular complexity index is 1010. The van der Waals surface area contributed by atoms with Gasteiger partial charge in [0.1, 0.15) is 6.04 Å². The molecule has 0 aliphatic heterocycles. The topological polar surface area (TPSA) is 58.6 Å². The van der Waals surface area contributed by atoms with Crippen LogP contribution in [0.2, 0.25) is 5.02 Å². The zero-order valence-electron chi connectivity index (χ0n) is 18.7. The van der Waals surface area contributed by atoms with Crippen molar-refractivity contribution < 1.29 is 14.3 Å². The van der Waals surface area contributed by atoms with E-state index in [2.05, 4.69) is 5.32 Å². The molecule has 1 N–H and O–H groups in total. The first-order chi connectivity index (χ1) is 16.1. The quantitative estimate of drug-likeness (QED) is 0.414. The van der Waals surface area contributed by atoms with Gasteiger partial charge in [0.15, 0.2) is 0 Å². The minimum Gasteiger partial charge on any atom is -0.383 e. The van der Waals surface area contributed by atoms with Crippen molar-refractivity contribution in [3.8, 4) is 0 Å². The van der Waals surface area contributed by atoms with E-state index >= 15 is 0 Å². The van der Waals surface area contributed by atoms with Gasteiger partial charge in [0.05, 0.1) is 6.61 Å². The van der Waals surface area contributed by atoms with Crippen LogP contribution in [0, 0.1) is 0 Å². The molecule has 0 saturated carbocycles. The van der Waals surface area contributed by atoms with Crippen LogP contribution in [-0.2, 0) is 27.3 Å². The molecule has 172 valence electrons. The Hall–Kier alpha value is -3.15. The van der Waals surface area contributed by atoms with E-state index < -0.39 is 6.04 Å². The number of hydrogen-bond donors (Lipinski definition) is 1. The summed E-state index contributed by atoms with van der Waals surface area (Å²) in [6.45, 7) is 1.06. The average molecular weight is 465 g/mol. The zero-order chi connectivity index (χ0) is 23.5. The Balaban J connectivity index is 1.90. The van der Waals surface area contributed by atoms with E-state index in [0.29, 0.717) is 37.6 Å². The molecule has 3 rings (SSSR count). The van der Waals surface area contributed by atoms with E-state index in [1.54, 1.807) is 24.1 Å². The molecule has 0 aliphatic rings. The molecule has 5 nitrogen and oxygen atoms in total. The second-order valence-electron chi connectivity index (χ2n) is 7.73. The van der Waals surface area contributed by atoms with E-state index in [1.165, 1.54) is 0 Å². The number of rotatable bonds is 11. The first kappa shape index (κ1) is 24.5. The summed E-state index contributed by atoms with van der Waals surface area (Å²) in [6.07, 6.45) is 0.899. The van der Waals surface area contributed by atoms with Crippen LogP contribution in [0.4, 0.5) is 0 Å². The second kappa shape index (κ2) is 12.8. The van der Waals surface area contributed by atoms with Crippen LogP contribution >= 0.6 is 11.6 Å². The first-order valence-corrected chi connectivity index (χ1v) is 11.4. The van der Waals surface area contributed by atoms with Crippen molar-refractivity contribution in [1.82, 2.24) is 10.2 Å². The molecular formula is C27H29ClN2O3. The third-order valence-corrected chi connectivity index (χ3v) is 5.59. The molecule has 0 heterocycles. The average Bonchev–Trinajstić information content (AvgIpc) is 2.85. The van der Waals surface area contributed by atoms with Gasteiger partial charge in [-0.25, -0.2) is 0 Å². The molecule has 0 fully saturated rings. The van der Waals surface area contributed by atoms with Gasteiger partial charge in [0.2, 0.25) is 11.8 Å². The number of nitrogens with one attached hydrogen (secondary N) is 1. The van der Waals surface area contributed by atoms with E-state index in [4.69, 9.17) is 16.3 Å². The van der Waals surface area contributed by atoms with E-state index in [9.17, 15) is 9.59 Å². The van der Waals surface area contributed by atoms with Crippen molar-refractivity contribution in [2.45, 2.75) is 25.4 Å². The maximum Gasteiger partial charge on any atom is 0.247 e. The number of ether oxygens (including phenoxy) is 1. The molecule has 33 heavy (non-hydrogen) atoms. The van der Waals surface area contributed by atoms with Crippen molar-refractivity contribution >= 4 is 23.4 Å². The molecule has 2 amide bonds. The Morgan fingerprint density at radius 2 is 1.55 bits per heavy atom. The summed E-state index contributed by atoms with van der Waals surface area (Å²) in [7, 11) is 1.58. The highest BCUT2D eigenvalue weighted by molar-refractivity contribution is 6.30. The Morgan fingerprint density at radius 1 is 0.909 bits per heavy atom. The molecule has 6 heteroatoms. The third-order valence-electron chi connectivity index (χ3n) is 5.34. The minimum atomic E-state index is -0.762. The van der Waals surface area contributed by atoms with Gasteiger partial charge in [-0.2, -0.15) is 0 Å². The van der Waals surface area contributed by atoms with Crippen LogP contribution in [0.3, 0.4) is 0 Å². The molecule has 0 radical (unpaired) electrons. The smallest absolute Gasteiger partial charge is 0.247 e. The van der Waals surface area contributed by atoms with Gasteiger partial charge < -0.3 is 15.0 Å². The lowest BCUT2D eigenvalue weighted by atomic mass is 10.0. The number of aryl methyl sites for hydroxylation is 1. The highest BCUT2D eigenvalue weighted by Crippen LogP contribution is 2.25. The minimum absolute atomic E-state index is 0.0930. The largest absolute Gasteiger partial charge is 0.383 e. The molecule has 0 aromatic heterocycles. The van der Waals surface area contributed by atoms with Gasteiger partial charge in [-0.15, -0.1) is 0 Å². The fourth-order valence-electron chi connectivity index (χ4n) is 3.63. The summed E-state index contributed by atoms with van der Waals surface area (Å²) < 4.78 is 5.07.